The van der Waals surface area contributed by atoms with Gasteiger partial charge in [0.2, 0.25) is 0 Å². The van der Waals surface area contributed by atoms with E-state index in [2.05, 4.69) is 20.7 Å². The van der Waals surface area contributed by atoms with E-state index in [4.69, 9.17) is 28.9 Å². The van der Waals surface area contributed by atoms with E-state index in [9.17, 15) is 9.59 Å². The van der Waals surface area contributed by atoms with Crippen molar-refractivity contribution in [2.24, 2.45) is 0 Å². The Labute approximate surface area is 170 Å². The number of nitrogens with one attached hydrogen (secondary N) is 2. The van der Waals surface area contributed by atoms with Crippen molar-refractivity contribution in [2.75, 3.05) is 18.1 Å². The van der Waals surface area contributed by atoms with Crippen molar-refractivity contribution in [1.82, 2.24) is 20.1 Å². The Morgan fingerprint density at radius 3 is 2.61 bits per heavy atom. The second kappa shape index (κ2) is 7.87. The molecule has 1 aromatic carbocycles. The number of aromatic nitrogens is 3. The molecule has 0 fully saturated rings. The van der Waals surface area contributed by atoms with Crippen LogP contribution >= 0.6 is 23.2 Å². The van der Waals surface area contributed by atoms with Crippen LogP contribution in [0.1, 0.15) is 26.4 Å². The lowest BCUT2D eigenvalue weighted by Gasteiger charge is -2.15. The number of rotatable bonds is 4. The highest BCUT2D eigenvalue weighted by molar-refractivity contribution is 6.32. The third-order valence-electron chi connectivity index (χ3n) is 3.92. The van der Waals surface area contributed by atoms with E-state index in [1.54, 1.807) is 25.1 Å². The van der Waals surface area contributed by atoms with Crippen LogP contribution in [0.15, 0.2) is 36.5 Å². The quantitative estimate of drug-likeness (QED) is 0.563. The maximum absolute atomic E-state index is 13.0. The van der Waals surface area contributed by atoms with Gasteiger partial charge in [0.05, 0.1) is 16.3 Å². The number of hydrogen-bond donors (Lipinski definition) is 3. The minimum absolute atomic E-state index is 0.0902. The summed E-state index contributed by atoms with van der Waals surface area (Å²) in [5.74, 6) is -0.675. The van der Waals surface area contributed by atoms with E-state index in [-0.39, 0.29) is 28.1 Å². The molecule has 3 rings (SSSR count). The van der Waals surface area contributed by atoms with Crippen LogP contribution in [0.2, 0.25) is 10.2 Å². The van der Waals surface area contributed by atoms with Gasteiger partial charge in [0.25, 0.3) is 11.8 Å². The van der Waals surface area contributed by atoms with E-state index < -0.39 is 5.91 Å². The van der Waals surface area contributed by atoms with Gasteiger partial charge in [0.1, 0.15) is 5.69 Å². The van der Waals surface area contributed by atoms with Crippen molar-refractivity contribution in [2.45, 2.75) is 6.92 Å². The molecule has 3 aromatic rings. The number of amides is 2. The normalized spacial score (nSPS) is 10.6. The zero-order valence-corrected chi connectivity index (χ0v) is 16.5. The van der Waals surface area contributed by atoms with Crippen LogP contribution in [0, 0.1) is 6.92 Å². The fraction of sp³-hybridized carbons (Fsp3) is 0.111. The summed E-state index contributed by atoms with van der Waals surface area (Å²) in [7, 11) is 1.49. The first-order valence-electron chi connectivity index (χ1n) is 8.11. The summed E-state index contributed by atoms with van der Waals surface area (Å²) in [5.41, 5.74) is 7.53. The highest BCUT2D eigenvalue weighted by Crippen LogP contribution is 2.26. The standard InChI is InChI=1S/C18H16Cl2N6O2/c1-9-6-10(21)7-11(17(27)22-2)15(9)24-18(28)13-8-14(20)25-26(13)16-12(19)4-3-5-23-16/h3-8H,21H2,1-2H3,(H,22,27)(H,24,28). The monoisotopic (exact) mass is 418 g/mol. The second-order valence-corrected chi connectivity index (χ2v) is 6.66. The van der Waals surface area contributed by atoms with Crippen LogP contribution in [-0.4, -0.2) is 33.6 Å². The number of aryl methyl sites for hydroxylation is 1. The SMILES string of the molecule is CNC(=O)c1cc(N)cc(C)c1NC(=O)c1cc(Cl)nn1-c1ncccc1Cl. The molecule has 2 amide bonds. The number of nitrogen functional groups attached to an aromatic ring is 1. The number of anilines is 2. The Bertz CT molecular complexity index is 1080. The van der Waals surface area contributed by atoms with Gasteiger partial charge in [-0.1, -0.05) is 23.2 Å². The predicted octanol–water partition coefficient (Wildman–Crippen LogP) is 3.08. The van der Waals surface area contributed by atoms with Gasteiger partial charge in [-0.05, 0) is 36.8 Å². The first-order chi connectivity index (χ1) is 13.3. The van der Waals surface area contributed by atoms with Gasteiger partial charge in [-0.15, -0.1) is 0 Å². The van der Waals surface area contributed by atoms with Crippen molar-refractivity contribution in [3.05, 3.63) is 63.5 Å². The maximum atomic E-state index is 13.0. The fourth-order valence-electron chi connectivity index (χ4n) is 2.68. The summed E-state index contributed by atoms with van der Waals surface area (Å²) < 4.78 is 1.24. The van der Waals surface area contributed by atoms with Gasteiger partial charge in [0, 0.05) is 25.0 Å². The minimum atomic E-state index is -0.542. The largest absolute Gasteiger partial charge is 0.399 e. The molecular formula is C18H16Cl2N6O2. The maximum Gasteiger partial charge on any atom is 0.274 e. The molecule has 0 spiro atoms. The van der Waals surface area contributed by atoms with E-state index in [0.717, 1.165) is 0 Å². The molecule has 0 unspecified atom stereocenters. The molecule has 0 saturated carbocycles. The van der Waals surface area contributed by atoms with E-state index in [1.165, 1.54) is 30.1 Å². The summed E-state index contributed by atoms with van der Waals surface area (Å²) in [4.78, 5) is 29.3. The fourth-order valence-corrected chi connectivity index (χ4v) is 3.06. The van der Waals surface area contributed by atoms with Gasteiger partial charge in [-0.2, -0.15) is 5.10 Å². The summed E-state index contributed by atoms with van der Waals surface area (Å²) >= 11 is 12.2. The number of carbonyl (C=O) groups excluding carboxylic acids is 2. The summed E-state index contributed by atoms with van der Waals surface area (Å²) in [6.45, 7) is 1.73. The Kier molecular flexibility index (Phi) is 5.53. The lowest BCUT2D eigenvalue weighted by molar-refractivity contribution is 0.0964. The third kappa shape index (κ3) is 3.78. The van der Waals surface area contributed by atoms with Crippen LogP contribution in [0.25, 0.3) is 5.82 Å². The molecule has 2 heterocycles. The zero-order chi connectivity index (χ0) is 20.4. The molecule has 4 N–H and O–H groups in total. The molecule has 10 heteroatoms. The molecule has 0 bridgehead atoms. The smallest absolute Gasteiger partial charge is 0.274 e. The number of nitrogens with zero attached hydrogens (tertiary/aromatic N) is 3. The molecule has 0 saturated heterocycles. The van der Waals surface area contributed by atoms with Gasteiger partial charge in [-0.25, -0.2) is 9.67 Å². The Balaban J connectivity index is 2.05. The van der Waals surface area contributed by atoms with Crippen LogP contribution < -0.4 is 16.4 Å². The predicted molar refractivity (Wildman–Crippen MR) is 108 cm³/mol. The lowest BCUT2D eigenvalue weighted by atomic mass is 10.1. The average Bonchev–Trinajstić information content (AvgIpc) is 3.05. The molecule has 0 aliphatic heterocycles. The zero-order valence-electron chi connectivity index (χ0n) is 15.0. The first kappa shape index (κ1) is 19.7. The van der Waals surface area contributed by atoms with Crippen molar-refractivity contribution in [3.63, 3.8) is 0 Å². The number of nitrogens with two attached hydrogens (primary N) is 1. The summed E-state index contributed by atoms with van der Waals surface area (Å²) in [5, 5.41) is 9.74. The van der Waals surface area contributed by atoms with E-state index in [0.29, 0.717) is 22.0 Å². The molecule has 144 valence electrons. The number of benzene rings is 1. The first-order valence-corrected chi connectivity index (χ1v) is 8.87. The average molecular weight is 419 g/mol. The van der Waals surface area contributed by atoms with E-state index in [1.807, 2.05) is 0 Å². The van der Waals surface area contributed by atoms with Gasteiger partial charge >= 0.3 is 0 Å². The van der Waals surface area contributed by atoms with Crippen LogP contribution in [0.3, 0.4) is 0 Å². The molecule has 0 atom stereocenters. The van der Waals surface area contributed by atoms with Gasteiger partial charge in [-0.3, -0.25) is 9.59 Å². The molecule has 2 aromatic heterocycles. The van der Waals surface area contributed by atoms with Crippen molar-refractivity contribution in [3.8, 4) is 5.82 Å². The van der Waals surface area contributed by atoms with Gasteiger partial charge in [0.15, 0.2) is 11.0 Å². The number of halogens is 2. The van der Waals surface area contributed by atoms with Crippen molar-refractivity contribution in [1.29, 1.82) is 0 Å². The van der Waals surface area contributed by atoms with Crippen LogP contribution in [-0.2, 0) is 0 Å². The van der Waals surface area contributed by atoms with E-state index >= 15 is 0 Å². The highest BCUT2D eigenvalue weighted by atomic mass is 35.5. The number of pyridine rings is 1. The van der Waals surface area contributed by atoms with Gasteiger partial charge < -0.3 is 16.4 Å². The van der Waals surface area contributed by atoms with Crippen molar-refractivity contribution >= 4 is 46.4 Å². The van der Waals surface area contributed by atoms with Crippen LogP contribution in [0.5, 0.6) is 0 Å². The number of carbonyl (C=O) groups is 2. The molecule has 0 radical (unpaired) electrons. The molecular weight excluding hydrogens is 403 g/mol. The Hall–Kier alpha value is -3.10. The molecule has 0 aliphatic rings. The lowest BCUT2D eigenvalue weighted by Crippen LogP contribution is -2.24. The third-order valence-corrected chi connectivity index (χ3v) is 4.40. The molecule has 8 nitrogen and oxygen atoms in total. The Morgan fingerprint density at radius 1 is 1.18 bits per heavy atom. The summed E-state index contributed by atoms with van der Waals surface area (Å²) in [6.07, 6.45) is 1.52. The highest BCUT2D eigenvalue weighted by Gasteiger charge is 2.22. The number of hydrogen-bond acceptors (Lipinski definition) is 5. The van der Waals surface area contributed by atoms with Crippen molar-refractivity contribution < 1.29 is 9.59 Å². The minimum Gasteiger partial charge on any atom is -0.399 e. The summed E-state index contributed by atoms with van der Waals surface area (Å²) in [6, 6.07) is 7.80. The van der Waals surface area contributed by atoms with Crippen LogP contribution in [0.4, 0.5) is 11.4 Å². The topological polar surface area (TPSA) is 115 Å². The molecule has 28 heavy (non-hydrogen) atoms. The Morgan fingerprint density at radius 2 is 1.93 bits per heavy atom. The second-order valence-electron chi connectivity index (χ2n) is 5.87. The molecule has 0 aliphatic carbocycles.